The molecular formula is C85H86F6N34O12. The number of rotatable bonds is 26. The number of alkyl halides is 6. The summed E-state index contributed by atoms with van der Waals surface area (Å²) in [5, 5.41) is 45.6. The number of nitrogens with zero attached hydrogens (tertiary/aromatic N) is 23. The molecule has 1 aliphatic rings. The van der Waals surface area contributed by atoms with Crippen molar-refractivity contribution < 1.29 is 83.8 Å². The molecular weight excluding hydrogens is 1800 g/mol. The number of fused-ring (bicyclic) bond motifs is 5. The summed E-state index contributed by atoms with van der Waals surface area (Å²) in [4.78, 5) is 113. The predicted octanol–water partition coefficient (Wildman–Crippen LogP) is 8.65. The summed E-state index contributed by atoms with van der Waals surface area (Å²) >= 11 is 0. The molecule has 0 aromatic carbocycles. The van der Waals surface area contributed by atoms with Crippen molar-refractivity contribution in [3.8, 4) is 28.7 Å². The third kappa shape index (κ3) is 23.1. The van der Waals surface area contributed by atoms with Gasteiger partial charge in [-0.3, -0.25) is 43.9 Å². The first-order chi connectivity index (χ1) is 65.3. The van der Waals surface area contributed by atoms with E-state index < -0.39 is 81.4 Å². The first-order valence-electron chi connectivity index (χ1n) is 40.3. The van der Waals surface area contributed by atoms with Crippen LogP contribution in [0.5, 0.6) is 28.7 Å². The van der Waals surface area contributed by atoms with Crippen LogP contribution in [0, 0.1) is 13.1 Å². The molecule has 0 radical (unpaired) electrons. The Labute approximate surface area is 771 Å². The fraction of sp³-hybridized carbons (Fsp3) is 0.247. The Hall–Kier alpha value is -17.7. The molecule has 1 fully saturated rings. The number of ether oxygens (including phenoxy) is 6. The standard InChI is InChI=1S/C19H20N8O2.C18H17F6N7O2.C17H17N7O2.C17H18N6O3.C14H14N6O3/c1-19(2,21-3)14-5-7-27-17(25-14)15(16(20)26-27)18(28)24-12-10-22-6-4-13(12)29-11-8-23-9-11;1-30(2)5-6-33-10-7-12(18(22,23)24)26-8-9(10)27-16(32)13-14(25)29-31-4-3-11(17(19,20)21)28-15(13)31;1-17(2,19-3)12-6-8-24-15(22-12)13(14(18)23-24)16(25)21-10-9-20-7-5-11(10)26-4;1-3-8-26-10-11-5-7-23-16(20-11)14(15(18)22-23)17(24)21-12-9-19-6-4-13(12)25-2;1-23-10-2-4-16-6-9(10)18-14(22)11-12(15)19-20-5-3-8(7-21)17-13(11)20/h4-7,10-11,23H,8-9H2,1-2H3,(H2,20,26)(H,24,28);3-4,7-8H,5-6H2,1-2H3,(H2,25,29)(H,27,32);5-9H,1-2,4H3,(H2,18,23)(H,21,25);3-7,9H,1,8,10H2,2H3,(H2,18,22)(H,21,24);2-6,21H,7H2,1H3,(H2,15,19)(H,18,22). The lowest BCUT2D eigenvalue weighted by Gasteiger charge is -2.28. The number of nitrogen functional groups attached to an aromatic ring is 5. The molecule has 0 aliphatic carbocycles. The maximum atomic E-state index is 13.1. The number of aromatic nitrogens is 20. The predicted molar refractivity (Wildman–Crippen MR) is 484 cm³/mol. The van der Waals surface area contributed by atoms with E-state index in [1.54, 1.807) is 151 Å². The molecule has 5 amide bonds. The summed E-state index contributed by atoms with van der Waals surface area (Å²) < 4.78 is 117. The quantitative estimate of drug-likeness (QED) is 0.0104. The SMILES string of the molecule is C=CCOCc1ccn2nc(N)c(C(=O)Nc3cnccc3OC)c2n1.CN(C)CCOc1cc(C(F)(F)F)ncc1NC(=O)c1c(N)nn2ccc(C(F)(F)F)nc12.COc1ccncc1NC(=O)c1c(N)nn2ccc(CO)nc12.[C-]#[N+]C(C)(C)c1ccn2nc(N)c(C(=O)Nc3cnccc3OC)c2n1.[C-]#[N+]C(C)(C)c1ccn2nc(N)c(C(=O)Nc3cnccc3OC3CNC3)c2n1. The number of pyridine rings is 5. The Morgan fingerprint density at radius 3 is 1.15 bits per heavy atom. The molecule has 0 unspecified atom stereocenters. The van der Waals surface area contributed by atoms with Crippen LogP contribution in [0.4, 0.5) is 83.9 Å². The molecule has 46 nitrogen and oxygen atoms in total. The zero-order valence-corrected chi connectivity index (χ0v) is 74.0. The van der Waals surface area contributed by atoms with Gasteiger partial charge >= 0.3 is 12.4 Å². The van der Waals surface area contributed by atoms with Gasteiger partial charge in [-0.25, -0.2) is 65.6 Å². The monoisotopic (exact) mass is 1890 g/mol. The number of anilines is 10. The number of carbonyl (C=O) groups is 5. The number of hydrogen-bond acceptors (Lipinski definition) is 34. The Kier molecular flexibility index (Phi) is 30.4. The molecule has 15 aromatic rings. The van der Waals surface area contributed by atoms with Crippen LogP contribution in [0.15, 0.2) is 160 Å². The highest BCUT2D eigenvalue weighted by Gasteiger charge is 2.38. The molecule has 1 saturated heterocycles. The summed E-state index contributed by atoms with van der Waals surface area (Å²) in [6.07, 6.45) is 12.5. The van der Waals surface area contributed by atoms with Crippen molar-refractivity contribution in [2.45, 2.75) is 70.4 Å². The molecule has 0 saturated carbocycles. The molecule has 16 heterocycles. The van der Waals surface area contributed by atoms with E-state index in [2.05, 4.69) is 124 Å². The van der Waals surface area contributed by atoms with E-state index in [-0.39, 0.29) is 99.8 Å². The number of hydrogen-bond donors (Lipinski definition) is 12. The van der Waals surface area contributed by atoms with Gasteiger partial charge in [-0.2, -0.15) is 26.3 Å². The van der Waals surface area contributed by atoms with Crippen molar-refractivity contribution in [3.63, 3.8) is 0 Å². The Bertz CT molecular complexity index is 7100. The van der Waals surface area contributed by atoms with E-state index in [0.29, 0.717) is 99.5 Å². The van der Waals surface area contributed by atoms with Crippen molar-refractivity contribution >= 4 is 115 Å². The average Bonchev–Trinajstić information content (AvgIpc) is 1.63. The van der Waals surface area contributed by atoms with Gasteiger partial charge in [-0.15, -0.1) is 32.1 Å². The molecule has 15 aromatic heterocycles. The first kappa shape index (κ1) is 98.4. The van der Waals surface area contributed by atoms with Crippen LogP contribution in [0.2, 0.25) is 0 Å². The molecule has 137 heavy (non-hydrogen) atoms. The van der Waals surface area contributed by atoms with Crippen molar-refractivity contribution in [1.29, 1.82) is 0 Å². The third-order valence-corrected chi connectivity index (χ3v) is 19.6. The minimum Gasteiger partial charge on any atom is -0.494 e. The van der Waals surface area contributed by atoms with Crippen LogP contribution in [0.25, 0.3) is 37.9 Å². The van der Waals surface area contributed by atoms with Crippen LogP contribution in [-0.4, -0.2) is 212 Å². The zero-order valence-electron chi connectivity index (χ0n) is 74.0. The van der Waals surface area contributed by atoms with Gasteiger partial charge < -0.3 is 109 Å². The number of nitrogens with two attached hydrogens (primary N) is 5. The lowest BCUT2D eigenvalue weighted by Crippen LogP contribution is -2.50. The highest BCUT2D eigenvalue weighted by Crippen LogP contribution is 2.38. The number of nitrogens with one attached hydrogen (secondary N) is 6. The second-order valence-electron chi connectivity index (χ2n) is 30.2. The number of halogens is 6. The van der Waals surface area contributed by atoms with E-state index in [9.17, 15) is 55.4 Å². The van der Waals surface area contributed by atoms with E-state index in [4.69, 9.17) is 70.2 Å². The maximum absolute atomic E-state index is 13.1. The van der Waals surface area contributed by atoms with Gasteiger partial charge in [0.15, 0.2) is 57.3 Å². The van der Waals surface area contributed by atoms with E-state index >= 15 is 0 Å². The van der Waals surface area contributed by atoms with Gasteiger partial charge in [0.2, 0.25) is 0 Å². The summed E-state index contributed by atoms with van der Waals surface area (Å²) in [6.45, 7) is 27.6. The first-order valence-corrected chi connectivity index (χ1v) is 40.3. The van der Waals surface area contributed by atoms with Crippen LogP contribution in [0.1, 0.15) is 114 Å². The topological polar surface area (TPSA) is 591 Å². The largest absolute Gasteiger partial charge is 0.494 e. The van der Waals surface area contributed by atoms with Gasteiger partial charge in [0.05, 0.1) is 83.5 Å². The Morgan fingerprint density at radius 2 is 0.818 bits per heavy atom. The minimum atomic E-state index is -4.79. The molecule has 710 valence electrons. The smallest absolute Gasteiger partial charge is 0.433 e. The summed E-state index contributed by atoms with van der Waals surface area (Å²) in [6, 6.07) is 14.6. The highest BCUT2D eigenvalue weighted by molar-refractivity contribution is 6.15. The average molecular weight is 1890 g/mol. The summed E-state index contributed by atoms with van der Waals surface area (Å²) in [5.41, 5.74) is 29.4. The van der Waals surface area contributed by atoms with Crippen LogP contribution in [0.3, 0.4) is 0 Å². The number of amides is 5. The fourth-order valence-electron chi connectivity index (χ4n) is 12.4. The highest BCUT2D eigenvalue weighted by atomic mass is 19.4. The number of aliphatic hydroxyl groups excluding tert-OH is 1. The van der Waals surface area contributed by atoms with Gasteiger partial charge in [-0.1, -0.05) is 6.08 Å². The van der Waals surface area contributed by atoms with Gasteiger partial charge in [0.25, 0.3) is 40.6 Å². The van der Waals surface area contributed by atoms with Crippen molar-refractivity contribution in [1.82, 2.24) is 108 Å². The van der Waals surface area contributed by atoms with Gasteiger partial charge in [0, 0.05) is 133 Å². The van der Waals surface area contributed by atoms with Crippen molar-refractivity contribution in [3.05, 3.63) is 245 Å². The number of likely N-dealkylation sites (N-methyl/N-ethyl adjacent to an activating group) is 1. The summed E-state index contributed by atoms with van der Waals surface area (Å²) in [7, 11) is 7.93. The van der Waals surface area contributed by atoms with Crippen molar-refractivity contribution in [2.75, 3.05) is 124 Å². The fourth-order valence-corrected chi connectivity index (χ4v) is 12.4. The number of aliphatic hydroxyl groups is 1. The molecule has 0 atom stereocenters. The lowest BCUT2D eigenvalue weighted by atomic mass is 10.0. The third-order valence-electron chi connectivity index (χ3n) is 19.6. The van der Waals surface area contributed by atoms with Crippen LogP contribution in [-0.2, 0) is 41.4 Å². The lowest BCUT2D eigenvalue weighted by molar-refractivity contribution is -0.141. The number of carbonyl (C=O) groups excluding carboxylic acids is 5. The maximum Gasteiger partial charge on any atom is 0.433 e. The van der Waals surface area contributed by atoms with Gasteiger partial charge in [-0.05, 0) is 44.4 Å². The molecule has 16 rings (SSSR count). The second kappa shape index (κ2) is 42.3. The number of methoxy groups -OCH3 is 3. The van der Waals surface area contributed by atoms with Crippen LogP contribution < -0.4 is 84.3 Å². The summed E-state index contributed by atoms with van der Waals surface area (Å²) in [5.74, 6) is -1.64. The van der Waals surface area contributed by atoms with E-state index in [1.165, 1.54) is 64.2 Å². The van der Waals surface area contributed by atoms with E-state index in [1.807, 2.05) is 0 Å². The molecule has 0 bridgehead atoms. The molecule has 17 N–H and O–H groups in total. The normalized spacial score (nSPS) is 11.9. The molecule has 1 aliphatic heterocycles. The molecule has 0 spiro atoms. The van der Waals surface area contributed by atoms with Gasteiger partial charge in [0.1, 0.15) is 120 Å². The van der Waals surface area contributed by atoms with E-state index in [0.717, 1.165) is 30.0 Å². The Balaban J connectivity index is 0.000000154. The zero-order chi connectivity index (χ0) is 99.0. The van der Waals surface area contributed by atoms with Crippen LogP contribution >= 0.6 is 0 Å². The van der Waals surface area contributed by atoms with Crippen molar-refractivity contribution in [2.24, 2.45) is 0 Å². The molecule has 52 heteroatoms. The second-order valence-corrected chi connectivity index (χ2v) is 30.2. The Morgan fingerprint density at radius 1 is 0.489 bits per heavy atom. The minimum absolute atomic E-state index is 0.0213.